The molecule has 4 N–H and O–H groups in total. The summed E-state index contributed by atoms with van der Waals surface area (Å²) in [7, 11) is 0. The van der Waals surface area contributed by atoms with Gasteiger partial charge in [0.1, 0.15) is 11.5 Å². The van der Waals surface area contributed by atoms with Crippen molar-refractivity contribution in [1.82, 2.24) is 25.3 Å². The molecule has 8 heteroatoms. The minimum absolute atomic E-state index is 0.00622. The number of halogens is 1. The Balaban J connectivity index is 1.41. The van der Waals surface area contributed by atoms with Crippen molar-refractivity contribution >= 4 is 27.8 Å². The monoisotopic (exact) mass is 466 g/mol. The topological polar surface area (TPSA) is 110 Å². The van der Waals surface area contributed by atoms with Gasteiger partial charge >= 0.3 is 0 Å². The molecule has 0 unspecified atom stereocenters. The number of H-pyrrole nitrogens is 1. The molecule has 1 fully saturated rings. The van der Waals surface area contributed by atoms with Crippen LogP contribution in [0.15, 0.2) is 67.3 Å². The molecule has 0 bridgehead atoms. The quantitative estimate of drug-likeness (QED) is 0.359. The van der Waals surface area contributed by atoms with Crippen LogP contribution in [0.25, 0.3) is 44.3 Å². The van der Waals surface area contributed by atoms with E-state index in [2.05, 4.69) is 25.3 Å². The Labute approximate surface area is 200 Å². The molecule has 0 spiro atoms. The van der Waals surface area contributed by atoms with Gasteiger partial charge in [0.25, 0.3) is 5.91 Å². The number of nitrogens with two attached hydrogens (primary N) is 1. The molecule has 0 saturated heterocycles. The first kappa shape index (κ1) is 21.4. The van der Waals surface area contributed by atoms with Crippen LogP contribution < -0.4 is 11.1 Å². The van der Waals surface area contributed by atoms with Crippen molar-refractivity contribution in [3.05, 3.63) is 78.6 Å². The van der Waals surface area contributed by atoms with Crippen LogP contribution in [0, 0.1) is 5.82 Å². The molecule has 4 aromatic heterocycles. The third-order valence-electron chi connectivity index (χ3n) is 6.74. The second-order valence-electron chi connectivity index (χ2n) is 8.94. The first-order valence-electron chi connectivity index (χ1n) is 11.6. The molecular formula is C27H23FN6O. The molecule has 174 valence electrons. The number of fused-ring (bicyclic) bond motifs is 3. The van der Waals surface area contributed by atoms with E-state index in [-0.39, 0.29) is 18.0 Å². The maximum atomic E-state index is 15.2. The largest absolute Gasteiger partial charge is 0.348 e. The summed E-state index contributed by atoms with van der Waals surface area (Å²) in [4.78, 5) is 28.9. The Morgan fingerprint density at radius 2 is 1.91 bits per heavy atom. The summed E-state index contributed by atoms with van der Waals surface area (Å²) in [6.07, 6.45) is 9.21. The number of benzene rings is 1. The summed E-state index contributed by atoms with van der Waals surface area (Å²) >= 11 is 0. The highest BCUT2D eigenvalue weighted by Crippen LogP contribution is 2.36. The van der Waals surface area contributed by atoms with Gasteiger partial charge in [-0.25, -0.2) is 9.37 Å². The number of aromatic amines is 1. The van der Waals surface area contributed by atoms with Crippen LogP contribution in [0.3, 0.4) is 0 Å². The number of nitrogens with one attached hydrogen (secondary N) is 2. The number of amides is 1. The molecule has 5 aromatic rings. The summed E-state index contributed by atoms with van der Waals surface area (Å²) in [5, 5.41) is 4.50. The van der Waals surface area contributed by atoms with Gasteiger partial charge in [0, 0.05) is 51.9 Å². The van der Waals surface area contributed by atoms with Crippen molar-refractivity contribution in [3.63, 3.8) is 0 Å². The maximum Gasteiger partial charge on any atom is 0.251 e. The number of pyridine rings is 3. The van der Waals surface area contributed by atoms with Gasteiger partial charge in [-0.15, -0.1) is 0 Å². The third-order valence-corrected chi connectivity index (χ3v) is 6.74. The Bertz CT molecular complexity index is 1550. The van der Waals surface area contributed by atoms with Crippen LogP contribution in [-0.4, -0.2) is 37.9 Å². The first-order chi connectivity index (χ1) is 17.1. The standard InChI is InChI=1S/C27H23FN6O/c28-19-13-32-26-25(18-11-22(31-14-23(18)33-26)17-3-2-10-30-12-17)24(19)15-6-8-16(9-7-15)27(35)34-21-5-1-4-20(21)29/h2-3,6-14,20-21H,1,4-5,29H2,(H,32,33)(H,34,35)/t20-,21-/m0/s1. The number of hydrogen-bond donors (Lipinski definition) is 3. The summed E-state index contributed by atoms with van der Waals surface area (Å²) in [6, 6.07) is 12.6. The van der Waals surface area contributed by atoms with Gasteiger partial charge < -0.3 is 16.0 Å². The number of carbonyl (C=O) groups excluding carboxylic acids is 1. The number of rotatable bonds is 4. The molecule has 7 nitrogen and oxygen atoms in total. The lowest BCUT2D eigenvalue weighted by molar-refractivity contribution is 0.0934. The van der Waals surface area contributed by atoms with Crippen LogP contribution >= 0.6 is 0 Å². The van der Waals surface area contributed by atoms with E-state index in [0.717, 1.165) is 41.4 Å². The molecule has 1 aliphatic rings. The Kier molecular flexibility index (Phi) is 5.22. The number of carbonyl (C=O) groups is 1. The van der Waals surface area contributed by atoms with Gasteiger partial charge in [-0.2, -0.15) is 0 Å². The zero-order chi connectivity index (χ0) is 23.9. The van der Waals surface area contributed by atoms with E-state index in [1.165, 1.54) is 6.20 Å². The zero-order valence-corrected chi connectivity index (χ0v) is 18.8. The van der Waals surface area contributed by atoms with E-state index in [1.54, 1.807) is 42.9 Å². The minimum Gasteiger partial charge on any atom is -0.348 e. The molecule has 4 heterocycles. The van der Waals surface area contributed by atoms with Crippen LogP contribution in [-0.2, 0) is 0 Å². The molecule has 2 atom stereocenters. The van der Waals surface area contributed by atoms with Gasteiger partial charge in [0.2, 0.25) is 0 Å². The SMILES string of the molecule is N[C@H]1CCC[C@@H]1NC(=O)c1ccc(-c2c(F)cnc3[nH]c4cnc(-c5cccnc5)cc4c23)cc1. The first-order valence-corrected chi connectivity index (χ1v) is 11.6. The molecular weight excluding hydrogens is 443 g/mol. The van der Waals surface area contributed by atoms with Gasteiger partial charge in [-0.1, -0.05) is 12.1 Å². The van der Waals surface area contributed by atoms with E-state index < -0.39 is 5.82 Å². The fourth-order valence-electron chi connectivity index (χ4n) is 4.90. The normalized spacial score (nSPS) is 17.8. The average Bonchev–Trinajstić information content (AvgIpc) is 3.47. The van der Waals surface area contributed by atoms with Crippen LogP contribution in [0.2, 0.25) is 0 Å². The van der Waals surface area contributed by atoms with E-state index in [0.29, 0.717) is 27.7 Å². The Morgan fingerprint density at radius 1 is 1.06 bits per heavy atom. The van der Waals surface area contributed by atoms with Crippen molar-refractivity contribution < 1.29 is 9.18 Å². The maximum absolute atomic E-state index is 15.2. The lowest BCUT2D eigenvalue weighted by Gasteiger charge is -2.17. The fourth-order valence-corrected chi connectivity index (χ4v) is 4.90. The Hall–Kier alpha value is -4.17. The molecule has 0 aliphatic heterocycles. The van der Waals surface area contributed by atoms with Crippen molar-refractivity contribution in [2.75, 3.05) is 0 Å². The summed E-state index contributed by atoms with van der Waals surface area (Å²) in [6.45, 7) is 0. The van der Waals surface area contributed by atoms with E-state index in [4.69, 9.17) is 5.73 Å². The fraction of sp³-hybridized carbons (Fsp3) is 0.185. The number of aromatic nitrogens is 4. The van der Waals surface area contributed by atoms with Gasteiger partial charge in [0.15, 0.2) is 0 Å². The lowest BCUT2D eigenvalue weighted by atomic mass is 9.99. The average molecular weight is 467 g/mol. The second-order valence-corrected chi connectivity index (χ2v) is 8.94. The van der Waals surface area contributed by atoms with Crippen LogP contribution in [0.4, 0.5) is 4.39 Å². The minimum atomic E-state index is -0.438. The highest BCUT2D eigenvalue weighted by Gasteiger charge is 2.25. The molecule has 35 heavy (non-hydrogen) atoms. The smallest absolute Gasteiger partial charge is 0.251 e. The van der Waals surface area contributed by atoms with E-state index in [1.807, 2.05) is 18.2 Å². The third kappa shape index (κ3) is 3.81. The lowest BCUT2D eigenvalue weighted by Crippen LogP contribution is -2.43. The zero-order valence-electron chi connectivity index (χ0n) is 18.8. The predicted octanol–water partition coefficient (Wildman–Crippen LogP) is 4.59. The second kappa shape index (κ2) is 8.56. The highest BCUT2D eigenvalue weighted by molar-refractivity contribution is 6.13. The molecule has 6 rings (SSSR count). The van der Waals surface area contributed by atoms with Crippen LogP contribution in [0.1, 0.15) is 29.6 Å². The molecule has 1 saturated carbocycles. The van der Waals surface area contributed by atoms with E-state index >= 15 is 4.39 Å². The van der Waals surface area contributed by atoms with Crippen molar-refractivity contribution in [3.8, 4) is 22.4 Å². The Morgan fingerprint density at radius 3 is 2.66 bits per heavy atom. The summed E-state index contributed by atoms with van der Waals surface area (Å²) in [5.74, 6) is -0.606. The molecule has 1 aliphatic carbocycles. The molecule has 1 amide bonds. The van der Waals surface area contributed by atoms with E-state index in [9.17, 15) is 4.79 Å². The van der Waals surface area contributed by atoms with Gasteiger partial charge in [-0.3, -0.25) is 14.8 Å². The summed E-state index contributed by atoms with van der Waals surface area (Å²) in [5.41, 5.74) is 10.6. The highest BCUT2D eigenvalue weighted by atomic mass is 19.1. The molecule has 0 radical (unpaired) electrons. The molecule has 1 aromatic carbocycles. The van der Waals surface area contributed by atoms with Crippen molar-refractivity contribution in [1.29, 1.82) is 0 Å². The summed E-state index contributed by atoms with van der Waals surface area (Å²) < 4.78 is 15.2. The number of nitrogens with zero attached hydrogens (tertiary/aromatic N) is 3. The van der Waals surface area contributed by atoms with Gasteiger partial charge in [0.05, 0.1) is 23.6 Å². The van der Waals surface area contributed by atoms with Gasteiger partial charge in [-0.05, 0) is 55.2 Å². The van der Waals surface area contributed by atoms with Crippen LogP contribution in [0.5, 0.6) is 0 Å². The van der Waals surface area contributed by atoms with Crippen molar-refractivity contribution in [2.45, 2.75) is 31.3 Å². The predicted molar refractivity (Wildman–Crippen MR) is 133 cm³/mol. The number of hydrogen-bond acceptors (Lipinski definition) is 5. The van der Waals surface area contributed by atoms with Crippen molar-refractivity contribution in [2.24, 2.45) is 5.73 Å².